The third-order valence-electron chi connectivity index (χ3n) is 5.43. The van der Waals surface area contributed by atoms with E-state index in [1.54, 1.807) is 19.2 Å². The number of sulfonamides is 1. The lowest BCUT2D eigenvalue weighted by Gasteiger charge is -2.27. The number of ether oxygens (including phenoxy) is 1. The van der Waals surface area contributed by atoms with Crippen molar-refractivity contribution in [2.24, 2.45) is 0 Å². The lowest BCUT2D eigenvalue weighted by atomic mass is 10.0. The molecule has 7 heteroatoms. The zero-order chi connectivity index (χ0) is 21.8. The van der Waals surface area contributed by atoms with E-state index in [1.165, 1.54) is 4.31 Å². The number of nitrogens with zero attached hydrogens (tertiary/aromatic N) is 2. The van der Waals surface area contributed by atoms with Crippen molar-refractivity contribution >= 4 is 10.0 Å². The lowest BCUT2D eigenvalue weighted by Crippen LogP contribution is -2.40. The molecule has 3 aromatic rings. The van der Waals surface area contributed by atoms with E-state index in [4.69, 9.17) is 9.57 Å². The van der Waals surface area contributed by atoms with Gasteiger partial charge in [0, 0.05) is 20.6 Å². The fourth-order valence-electron chi connectivity index (χ4n) is 3.82. The molecule has 0 bridgehead atoms. The van der Waals surface area contributed by atoms with Crippen LogP contribution in [0.5, 0.6) is 11.5 Å². The van der Waals surface area contributed by atoms with Crippen molar-refractivity contribution in [2.75, 3.05) is 20.7 Å². The number of benzene rings is 3. The first-order chi connectivity index (χ1) is 14.9. The molecule has 0 saturated carbocycles. The van der Waals surface area contributed by atoms with E-state index < -0.39 is 21.3 Å². The molecule has 0 amide bonds. The van der Waals surface area contributed by atoms with E-state index in [0.717, 1.165) is 16.9 Å². The molecule has 0 radical (unpaired) electrons. The Bertz CT molecular complexity index is 1110. The number of hydroxylamine groups is 2. The van der Waals surface area contributed by atoms with Crippen LogP contribution >= 0.6 is 0 Å². The number of hydrogen-bond acceptors (Lipinski definition) is 5. The predicted octanol–water partition coefficient (Wildman–Crippen LogP) is 4.23. The summed E-state index contributed by atoms with van der Waals surface area (Å²) < 4.78 is 34.2. The molecule has 1 fully saturated rings. The van der Waals surface area contributed by atoms with Crippen molar-refractivity contribution in [3.8, 4) is 11.5 Å². The molecule has 0 spiro atoms. The van der Waals surface area contributed by atoms with Crippen molar-refractivity contribution in [1.29, 1.82) is 0 Å². The van der Waals surface area contributed by atoms with E-state index in [0.29, 0.717) is 12.3 Å². The third-order valence-corrected chi connectivity index (χ3v) is 7.59. The second-order valence-electron chi connectivity index (χ2n) is 7.60. The highest BCUT2D eigenvalue weighted by Gasteiger charge is 2.45. The van der Waals surface area contributed by atoms with Crippen LogP contribution in [-0.4, -0.2) is 43.7 Å². The minimum absolute atomic E-state index is 0.104. The zero-order valence-corrected chi connectivity index (χ0v) is 18.4. The van der Waals surface area contributed by atoms with E-state index in [-0.39, 0.29) is 6.61 Å². The molecule has 6 nitrogen and oxygen atoms in total. The maximum atomic E-state index is 13.4. The fraction of sp³-hybridized carbons (Fsp3) is 0.250. The molecule has 31 heavy (non-hydrogen) atoms. The summed E-state index contributed by atoms with van der Waals surface area (Å²) in [6.45, 7) is 0.416. The SMILES string of the molecule is CN1OC[C@@H](S(=O)(=O)N(C)Cc2ccccc2)[C@@H]1c1cccc(Oc2ccccc2)c1. The first-order valence-electron chi connectivity index (χ1n) is 10.1. The molecule has 0 N–H and O–H groups in total. The Hall–Kier alpha value is -2.71. The van der Waals surface area contributed by atoms with Crippen LogP contribution in [0.3, 0.4) is 0 Å². The highest BCUT2D eigenvalue weighted by Crippen LogP contribution is 2.36. The second kappa shape index (κ2) is 9.20. The van der Waals surface area contributed by atoms with Gasteiger partial charge >= 0.3 is 0 Å². The molecular weight excluding hydrogens is 412 g/mol. The molecule has 1 saturated heterocycles. The smallest absolute Gasteiger partial charge is 0.221 e. The van der Waals surface area contributed by atoms with Crippen LogP contribution in [-0.2, 0) is 21.4 Å². The summed E-state index contributed by atoms with van der Waals surface area (Å²) >= 11 is 0. The molecule has 4 rings (SSSR count). The first kappa shape index (κ1) is 21.5. The highest BCUT2D eigenvalue weighted by molar-refractivity contribution is 7.89. The molecule has 0 unspecified atom stereocenters. The van der Waals surface area contributed by atoms with Crippen molar-refractivity contribution < 1.29 is 18.0 Å². The Morgan fingerprint density at radius 3 is 2.32 bits per heavy atom. The van der Waals surface area contributed by atoms with Crippen LogP contribution < -0.4 is 4.74 Å². The quantitative estimate of drug-likeness (QED) is 0.553. The van der Waals surface area contributed by atoms with E-state index in [2.05, 4.69) is 0 Å². The van der Waals surface area contributed by atoms with Crippen LogP contribution in [0.25, 0.3) is 0 Å². The molecular formula is C24H26N2O4S. The number of rotatable bonds is 7. The molecule has 1 aliphatic rings. The molecule has 3 aromatic carbocycles. The Labute approximate surface area is 183 Å². The monoisotopic (exact) mass is 438 g/mol. The average molecular weight is 439 g/mol. The predicted molar refractivity (Wildman–Crippen MR) is 120 cm³/mol. The zero-order valence-electron chi connectivity index (χ0n) is 17.6. The van der Waals surface area contributed by atoms with Gasteiger partial charge in [-0.05, 0) is 35.4 Å². The van der Waals surface area contributed by atoms with Gasteiger partial charge in [-0.2, -0.15) is 5.06 Å². The summed E-state index contributed by atoms with van der Waals surface area (Å²) in [5.74, 6) is 1.38. The van der Waals surface area contributed by atoms with Gasteiger partial charge in [0.1, 0.15) is 16.7 Å². The average Bonchev–Trinajstić information content (AvgIpc) is 3.17. The van der Waals surface area contributed by atoms with E-state index in [9.17, 15) is 8.42 Å². The van der Waals surface area contributed by atoms with Gasteiger partial charge < -0.3 is 4.74 Å². The van der Waals surface area contributed by atoms with E-state index in [1.807, 2.05) is 84.9 Å². The Morgan fingerprint density at radius 2 is 1.61 bits per heavy atom. The topological polar surface area (TPSA) is 59.1 Å². The second-order valence-corrected chi connectivity index (χ2v) is 9.86. The lowest BCUT2D eigenvalue weighted by molar-refractivity contribution is -0.110. The van der Waals surface area contributed by atoms with Crippen LogP contribution in [0.4, 0.5) is 0 Å². The maximum Gasteiger partial charge on any atom is 0.221 e. The van der Waals surface area contributed by atoms with Crippen LogP contribution in [0, 0.1) is 0 Å². The minimum Gasteiger partial charge on any atom is -0.457 e. The van der Waals surface area contributed by atoms with Gasteiger partial charge in [-0.25, -0.2) is 12.7 Å². The third kappa shape index (κ3) is 4.80. The number of hydrogen-bond donors (Lipinski definition) is 0. The van der Waals surface area contributed by atoms with E-state index >= 15 is 0 Å². The van der Waals surface area contributed by atoms with Crippen LogP contribution in [0.15, 0.2) is 84.9 Å². The maximum absolute atomic E-state index is 13.4. The van der Waals surface area contributed by atoms with Gasteiger partial charge in [0.15, 0.2) is 0 Å². The number of para-hydroxylation sites is 1. The normalized spacial score (nSPS) is 19.6. The summed E-state index contributed by atoms with van der Waals surface area (Å²) in [5, 5.41) is 0.901. The molecule has 1 heterocycles. The Balaban J connectivity index is 1.58. The van der Waals surface area contributed by atoms with Gasteiger partial charge in [-0.15, -0.1) is 0 Å². The first-order valence-corrected chi connectivity index (χ1v) is 11.6. The van der Waals surface area contributed by atoms with Crippen molar-refractivity contribution in [1.82, 2.24) is 9.37 Å². The molecule has 0 aliphatic carbocycles. The summed E-state index contributed by atoms with van der Waals surface area (Å²) in [6.07, 6.45) is 0. The summed E-state index contributed by atoms with van der Waals surface area (Å²) in [4.78, 5) is 5.66. The van der Waals surface area contributed by atoms with Gasteiger partial charge in [0.2, 0.25) is 10.0 Å². The van der Waals surface area contributed by atoms with Crippen LogP contribution in [0.1, 0.15) is 17.2 Å². The summed E-state index contributed by atoms with van der Waals surface area (Å²) in [7, 11) is -0.229. The van der Waals surface area contributed by atoms with Gasteiger partial charge in [-0.3, -0.25) is 4.84 Å². The molecule has 162 valence electrons. The van der Waals surface area contributed by atoms with Gasteiger partial charge in [0.25, 0.3) is 0 Å². The molecule has 2 atom stereocenters. The van der Waals surface area contributed by atoms with Gasteiger partial charge in [0.05, 0.1) is 12.6 Å². The van der Waals surface area contributed by atoms with Crippen molar-refractivity contribution in [3.63, 3.8) is 0 Å². The largest absolute Gasteiger partial charge is 0.457 e. The van der Waals surface area contributed by atoms with Gasteiger partial charge in [-0.1, -0.05) is 60.7 Å². The molecule has 1 aliphatic heterocycles. The van der Waals surface area contributed by atoms with Crippen molar-refractivity contribution in [3.05, 3.63) is 96.1 Å². The highest BCUT2D eigenvalue weighted by atomic mass is 32.2. The minimum atomic E-state index is -3.61. The summed E-state index contributed by atoms with van der Waals surface area (Å²) in [6, 6.07) is 26.1. The fourth-order valence-corrected chi connectivity index (χ4v) is 5.50. The van der Waals surface area contributed by atoms with Crippen molar-refractivity contribution in [2.45, 2.75) is 17.8 Å². The molecule has 0 aromatic heterocycles. The standard InChI is InChI=1S/C24H26N2O4S/c1-25(17-19-10-5-3-6-11-19)31(27,28)23-18-29-26(2)24(23)20-12-9-15-22(16-20)30-21-13-7-4-8-14-21/h3-16,23-24H,17-18H2,1-2H3/t23-,24+/m1/s1. The Morgan fingerprint density at radius 1 is 0.968 bits per heavy atom. The van der Waals surface area contributed by atoms with Crippen LogP contribution in [0.2, 0.25) is 0 Å². The summed E-state index contributed by atoms with van der Waals surface area (Å²) in [5.41, 5.74) is 1.77. The Kier molecular flexibility index (Phi) is 6.38.